The topological polar surface area (TPSA) is 86.8 Å². The maximum Gasteiger partial charge on any atom is 0.244 e. The molecule has 0 bridgehead atoms. The van der Waals surface area contributed by atoms with Crippen LogP contribution in [0.15, 0.2) is 72.8 Å². The van der Waals surface area contributed by atoms with E-state index in [9.17, 15) is 18.0 Å². The summed E-state index contributed by atoms with van der Waals surface area (Å²) < 4.78 is 27.1. The molecule has 3 aromatic rings. The minimum atomic E-state index is -3.81. The third-order valence-corrected chi connectivity index (χ3v) is 8.81. The number of rotatable bonds is 11. The maximum atomic E-state index is 14.2. The number of sulfonamides is 1. The molecule has 0 aromatic heterocycles. The van der Waals surface area contributed by atoms with Crippen LogP contribution in [0.4, 0.5) is 5.69 Å². The molecular weight excluding hydrogens is 558 g/mol. The van der Waals surface area contributed by atoms with E-state index in [-0.39, 0.29) is 18.5 Å². The Bertz CT molecular complexity index is 1440. The van der Waals surface area contributed by atoms with Gasteiger partial charge in [-0.1, -0.05) is 73.0 Å². The van der Waals surface area contributed by atoms with E-state index in [1.165, 1.54) is 4.90 Å². The number of carbonyl (C=O) groups excluding carboxylic acids is 2. The van der Waals surface area contributed by atoms with Crippen LogP contribution in [0.1, 0.15) is 47.9 Å². The highest BCUT2D eigenvalue weighted by molar-refractivity contribution is 7.92. The zero-order valence-corrected chi connectivity index (χ0v) is 25.4. The van der Waals surface area contributed by atoms with Crippen LogP contribution in [0.5, 0.6) is 0 Å². The second-order valence-electron chi connectivity index (χ2n) is 11.0. The van der Waals surface area contributed by atoms with Gasteiger partial charge in [-0.15, -0.1) is 0 Å². The average molecular weight is 596 g/mol. The Hall–Kier alpha value is -3.36. The number of nitrogens with one attached hydrogen (secondary N) is 1. The Labute approximate surface area is 248 Å². The largest absolute Gasteiger partial charge is 0.352 e. The van der Waals surface area contributed by atoms with Crippen LogP contribution in [0.2, 0.25) is 5.02 Å². The standard InChI is InChI=1S/C32H38ClN3O4S/c1-23-17-24(2)19-29(18-23)36(41(3,39)40)22-31(37)35(21-26-13-15-27(33)16-14-26)30(20-25-9-5-4-6-10-25)32(38)34-28-11-7-8-12-28/h4-6,9-10,13-19,28,30H,7-8,11-12,20-22H2,1-3H3,(H,34,38). The van der Waals surface area contributed by atoms with E-state index < -0.39 is 28.5 Å². The summed E-state index contributed by atoms with van der Waals surface area (Å²) in [7, 11) is -3.81. The van der Waals surface area contributed by atoms with Crippen molar-refractivity contribution in [3.8, 4) is 0 Å². The van der Waals surface area contributed by atoms with Gasteiger partial charge in [0.25, 0.3) is 0 Å². The van der Waals surface area contributed by atoms with Gasteiger partial charge in [-0.3, -0.25) is 13.9 Å². The molecule has 7 nitrogen and oxygen atoms in total. The highest BCUT2D eigenvalue weighted by Crippen LogP contribution is 2.24. The molecule has 0 saturated heterocycles. The fourth-order valence-electron chi connectivity index (χ4n) is 5.42. The summed E-state index contributed by atoms with van der Waals surface area (Å²) in [5.74, 6) is -0.701. The Kier molecular flexibility index (Phi) is 10.1. The third-order valence-electron chi connectivity index (χ3n) is 7.41. The predicted molar refractivity (Wildman–Crippen MR) is 164 cm³/mol. The Morgan fingerprint density at radius 3 is 2.12 bits per heavy atom. The van der Waals surface area contributed by atoms with Gasteiger partial charge in [-0.05, 0) is 73.2 Å². The van der Waals surface area contributed by atoms with Crippen molar-refractivity contribution in [2.75, 3.05) is 17.1 Å². The zero-order valence-electron chi connectivity index (χ0n) is 23.8. The van der Waals surface area contributed by atoms with Crippen molar-refractivity contribution in [3.63, 3.8) is 0 Å². The van der Waals surface area contributed by atoms with Gasteiger partial charge in [0.15, 0.2) is 0 Å². The summed E-state index contributed by atoms with van der Waals surface area (Å²) in [5, 5.41) is 3.73. The maximum absolute atomic E-state index is 14.2. The monoisotopic (exact) mass is 595 g/mol. The minimum absolute atomic E-state index is 0.0658. The lowest BCUT2D eigenvalue weighted by molar-refractivity contribution is -0.140. The molecule has 1 atom stereocenters. The molecule has 0 heterocycles. The van der Waals surface area contributed by atoms with Gasteiger partial charge in [0.1, 0.15) is 12.6 Å². The number of nitrogens with zero attached hydrogens (tertiary/aromatic N) is 2. The molecule has 0 radical (unpaired) electrons. The molecule has 0 aliphatic heterocycles. The molecule has 1 aliphatic rings. The Balaban J connectivity index is 1.73. The number of halogens is 1. The zero-order chi connectivity index (χ0) is 29.6. The molecular formula is C32H38ClN3O4S. The van der Waals surface area contributed by atoms with Crippen LogP contribution in [-0.4, -0.2) is 50.0 Å². The van der Waals surface area contributed by atoms with Crippen molar-refractivity contribution in [1.29, 1.82) is 0 Å². The summed E-state index contributed by atoms with van der Waals surface area (Å²) in [6, 6.07) is 21.3. The van der Waals surface area contributed by atoms with E-state index in [0.717, 1.165) is 58.5 Å². The van der Waals surface area contributed by atoms with Crippen LogP contribution < -0.4 is 9.62 Å². The van der Waals surface area contributed by atoms with Gasteiger partial charge in [0.2, 0.25) is 21.8 Å². The first-order chi connectivity index (χ1) is 19.5. The van der Waals surface area contributed by atoms with Crippen molar-refractivity contribution in [2.45, 2.75) is 64.6 Å². The quantitative estimate of drug-likeness (QED) is 0.321. The van der Waals surface area contributed by atoms with Gasteiger partial charge < -0.3 is 10.2 Å². The van der Waals surface area contributed by atoms with Crippen LogP contribution in [0.25, 0.3) is 0 Å². The molecule has 3 aromatic carbocycles. The summed E-state index contributed by atoms with van der Waals surface area (Å²) in [6.45, 7) is 3.46. The van der Waals surface area contributed by atoms with Crippen molar-refractivity contribution in [1.82, 2.24) is 10.2 Å². The summed E-state index contributed by atoms with van der Waals surface area (Å²) in [4.78, 5) is 29.6. The van der Waals surface area contributed by atoms with Gasteiger partial charge in [0.05, 0.1) is 11.9 Å². The molecule has 9 heteroatoms. The van der Waals surface area contributed by atoms with Gasteiger partial charge in [-0.25, -0.2) is 8.42 Å². The number of hydrogen-bond donors (Lipinski definition) is 1. The highest BCUT2D eigenvalue weighted by atomic mass is 35.5. The van der Waals surface area contributed by atoms with Gasteiger partial charge in [0, 0.05) is 24.0 Å². The van der Waals surface area contributed by atoms with Crippen molar-refractivity contribution >= 4 is 39.1 Å². The summed E-state index contributed by atoms with van der Waals surface area (Å²) in [5.41, 5.74) is 3.88. The number of carbonyl (C=O) groups is 2. The molecule has 41 heavy (non-hydrogen) atoms. The average Bonchev–Trinajstić information content (AvgIpc) is 3.42. The van der Waals surface area contributed by atoms with E-state index in [4.69, 9.17) is 11.6 Å². The second-order valence-corrected chi connectivity index (χ2v) is 13.3. The number of anilines is 1. The SMILES string of the molecule is Cc1cc(C)cc(N(CC(=O)N(Cc2ccc(Cl)cc2)C(Cc2ccccc2)C(=O)NC2CCCC2)S(C)(=O)=O)c1. The first-order valence-electron chi connectivity index (χ1n) is 13.9. The normalized spacial score (nSPS) is 14.4. The number of amides is 2. The van der Waals surface area contributed by atoms with E-state index >= 15 is 0 Å². The summed E-state index contributed by atoms with van der Waals surface area (Å²) in [6.07, 6.45) is 5.31. The second kappa shape index (κ2) is 13.5. The molecule has 1 N–H and O–H groups in total. The molecule has 218 valence electrons. The first-order valence-corrected chi connectivity index (χ1v) is 16.2. The lowest BCUT2D eigenvalue weighted by Crippen LogP contribution is -2.54. The molecule has 4 rings (SSSR count). The molecule has 0 spiro atoms. The number of aryl methyl sites for hydroxylation is 2. The van der Waals surface area contributed by atoms with E-state index in [1.54, 1.807) is 24.3 Å². The molecule has 2 amide bonds. The summed E-state index contributed by atoms with van der Waals surface area (Å²) >= 11 is 6.12. The highest BCUT2D eigenvalue weighted by Gasteiger charge is 2.34. The Morgan fingerprint density at radius 2 is 1.54 bits per heavy atom. The van der Waals surface area contributed by atoms with Crippen molar-refractivity contribution < 1.29 is 18.0 Å². The van der Waals surface area contributed by atoms with Crippen LogP contribution in [-0.2, 0) is 32.6 Å². The molecule has 1 aliphatic carbocycles. The van der Waals surface area contributed by atoms with Crippen LogP contribution in [0, 0.1) is 13.8 Å². The predicted octanol–water partition coefficient (Wildman–Crippen LogP) is 5.42. The van der Waals surface area contributed by atoms with Crippen molar-refractivity contribution in [3.05, 3.63) is 100 Å². The van der Waals surface area contributed by atoms with E-state index in [0.29, 0.717) is 17.1 Å². The number of benzene rings is 3. The van der Waals surface area contributed by atoms with E-state index in [2.05, 4.69) is 5.32 Å². The van der Waals surface area contributed by atoms with Crippen LogP contribution >= 0.6 is 11.6 Å². The fourth-order valence-corrected chi connectivity index (χ4v) is 6.38. The van der Waals surface area contributed by atoms with Crippen LogP contribution in [0.3, 0.4) is 0 Å². The lowest BCUT2D eigenvalue weighted by Gasteiger charge is -2.34. The third kappa shape index (κ3) is 8.57. The lowest BCUT2D eigenvalue weighted by atomic mass is 10.0. The van der Waals surface area contributed by atoms with Gasteiger partial charge >= 0.3 is 0 Å². The smallest absolute Gasteiger partial charge is 0.244 e. The number of hydrogen-bond acceptors (Lipinski definition) is 4. The Morgan fingerprint density at radius 1 is 0.927 bits per heavy atom. The minimum Gasteiger partial charge on any atom is -0.352 e. The van der Waals surface area contributed by atoms with E-state index in [1.807, 2.05) is 62.4 Å². The molecule has 1 unspecified atom stereocenters. The first kappa shape index (κ1) is 30.6. The van der Waals surface area contributed by atoms with Crippen molar-refractivity contribution in [2.24, 2.45) is 0 Å². The molecule has 1 saturated carbocycles. The fraction of sp³-hybridized carbons (Fsp3) is 0.375. The molecule has 1 fully saturated rings. The van der Waals surface area contributed by atoms with Gasteiger partial charge in [-0.2, -0.15) is 0 Å².